The Morgan fingerprint density at radius 1 is 1.26 bits per heavy atom. The molecule has 0 radical (unpaired) electrons. The van der Waals surface area contributed by atoms with E-state index in [1.165, 1.54) is 12.1 Å². The number of likely N-dealkylation sites (N-methyl/N-ethyl adjacent to an activating group) is 1. The molecule has 0 bridgehead atoms. The zero-order valence-electron chi connectivity index (χ0n) is 15.7. The Hall–Kier alpha value is -2.31. The van der Waals surface area contributed by atoms with E-state index < -0.39 is 11.9 Å². The average molecular weight is 394 g/mol. The van der Waals surface area contributed by atoms with Crippen molar-refractivity contribution < 1.29 is 14.3 Å². The summed E-state index contributed by atoms with van der Waals surface area (Å²) in [5.41, 5.74) is 1.45. The Kier molecular flexibility index (Phi) is 7.45. The molecule has 27 heavy (non-hydrogen) atoms. The quantitative estimate of drug-likeness (QED) is 0.722. The predicted octanol–water partition coefficient (Wildman–Crippen LogP) is 3.26. The average Bonchev–Trinajstić information content (AvgIpc) is 2.61. The maximum atomic E-state index is 13.6. The van der Waals surface area contributed by atoms with Crippen LogP contribution in [0.5, 0.6) is 5.75 Å². The fourth-order valence-electron chi connectivity index (χ4n) is 2.66. The molecule has 5 nitrogen and oxygen atoms in total. The first kappa shape index (κ1) is 21.0. The molecule has 0 aliphatic heterocycles. The van der Waals surface area contributed by atoms with Crippen LogP contribution in [-0.2, 0) is 11.3 Å². The molecule has 0 aromatic heterocycles. The molecule has 2 aromatic rings. The summed E-state index contributed by atoms with van der Waals surface area (Å²) < 4.78 is 13.6. The number of benzene rings is 2. The summed E-state index contributed by atoms with van der Waals surface area (Å²) in [5, 5.41) is 12.6. The molecule has 1 atom stereocenters. The van der Waals surface area contributed by atoms with Crippen molar-refractivity contribution in [1.82, 2.24) is 10.2 Å². The molecule has 0 heterocycles. The van der Waals surface area contributed by atoms with E-state index in [1.807, 2.05) is 30.0 Å². The third-order valence-electron chi connectivity index (χ3n) is 4.20. The molecule has 2 rings (SSSR count). The van der Waals surface area contributed by atoms with Gasteiger partial charge < -0.3 is 20.2 Å². The number of amides is 1. The molecule has 7 heteroatoms. The summed E-state index contributed by atoms with van der Waals surface area (Å²) in [6, 6.07) is 10.7. The summed E-state index contributed by atoms with van der Waals surface area (Å²) >= 11 is 5.94. The van der Waals surface area contributed by atoms with E-state index in [0.717, 1.165) is 12.1 Å². The number of carbonyl (C=O) groups excluding carboxylic acids is 1. The number of hydrogen-bond acceptors (Lipinski definition) is 4. The second kappa shape index (κ2) is 9.58. The minimum atomic E-state index is -0.518. The lowest BCUT2D eigenvalue weighted by Gasteiger charge is -2.31. The summed E-state index contributed by atoms with van der Waals surface area (Å²) in [6.07, 6.45) is 0. The Labute approximate surface area is 164 Å². The number of anilines is 1. The van der Waals surface area contributed by atoms with Gasteiger partial charge in [-0.15, -0.1) is 0 Å². The maximum absolute atomic E-state index is 13.6. The fraction of sp³-hybridized carbons (Fsp3) is 0.350. The second-order valence-electron chi connectivity index (χ2n) is 6.67. The van der Waals surface area contributed by atoms with Crippen molar-refractivity contribution in [2.75, 3.05) is 32.1 Å². The van der Waals surface area contributed by atoms with Gasteiger partial charge >= 0.3 is 0 Å². The molecule has 0 aliphatic rings. The maximum Gasteiger partial charge on any atom is 0.242 e. The zero-order chi connectivity index (χ0) is 20.0. The molecule has 1 unspecified atom stereocenters. The van der Waals surface area contributed by atoms with E-state index in [9.17, 15) is 14.3 Å². The number of nitrogens with zero attached hydrogens (tertiary/aromatic N) is 2. The van der Waals surface area contributed by atoms with Gasteiger partial charge in [0.25, 0.3) is 0 Å². The first-order valence-corrected chi connectivity index (χ1v) is 9.07. The van der Waals surface area contributed by atoms with E-state index in [4.69, 9.17) is 11.6 Å². The highest BCUT2D eigenvalue weighted by Gasteiger charge is 2.22. The summed E-state index contributed by atoms with van der Waals surface area (Å²) in [4.78, 5) is 16.4. The molecule has 0 saturated heterocycles. The molecule has 0 saturated carbocycles. The van der Waals surface area contributed by atoms with Crippen molar-refractivity contribution in [3.8, 4) is 5.75 Å². The van der Waals surface area contributed by atoms with Crippen LogP contribution in [0, 0.1) is 5.82 Å². The number of nitrogens with one attached hydrogen (secondary N) is 1. The molecule has 0 spiro atoms. The van der Waals surface area contributed by atoms with Crippen LogP contribution in [0.25, 0.3) is 0 Å². The first-order valence-electron chi connectivity index (χ1n) is 8.70. The van der Waals surface area contributed by atoms with Crippen molar-refractivity contribution in [1.29, 1.82) is 0 Å². The van der Waals surface area contributed by atoms with Gasteiger partial charge in [-0.25, -0.2) is 4.39 Å². The van der Waals surface area contributed by atoms with Gasteiger partial charge in [0, 0.05) is 25.3 Å². The molecular formula is C20H25ClFN3O2. The Balaban J connectivity index is 2.25. The van der Waals surface area contributed by atoms with Crippen LogP contribution >= 0.6 is 11.6 Å². The van der Waals surface area contributed by atoms with E-state index in [0.29, 0.717) is 18.8 Å². The van der Waals surface area contributed by atoms with Crippen LogP contribution in [0.4, 0.5) is 10.1 Å². The molecule has 1 amide bonds. The van der Waals surface area contributed by atoms with Crippen LogP contribution in [-0.4, -0.2) is 49.1 Å². The van der Waals surface area contributed by atoms with Crippen LogP contribution in [0.1, 0.15) is 12.5 Å². The number of aromatic hydroxyl groups is 1. The van der Waals surface area contributed by atoms with E-state index in [-0.39, 0.29) is 16.7 Å². The Morgan fingerprint density at radius 2 is 2.00 bits per heavy atom. The molecular weight excluding hydrogens is 369 g/mol. The lowest BCUT2D eigenvalue weighted by atomic mass is 10.1. The SMILES string of the molecule is CC(C(=O)NCCN(C)C)N(Cc1cccc(O)c1)c1ccc(F)c(Cl)c1. The van der Waals surface area contributed by atoms with Gasteiger partial charge in [-0.3, -0.25) is 4.79 Å². The van der Waals surface area contributed by atoms with Crippen molar-refractivity contribution in [3.05, 3.63) is 58.9 Å². The predicted molar refractivity (Wildman–Crippen MR) is 107 cm³/mol. The third-order valence-corrected chi connectivity index (χ3v) is 4.49. The molecule has 2 N–H and O–H groups in total. The fourth-order valence-corrected chi connectivity index (χ4v) is 2.83. The minimum Gasteiger partial charge on any atom is -0.508 e. The molecule has 146 valence electrons. The van der Waals surface area contributed by atoms with Crippen LogP contribution in [0.15, 0.2) is 42.5 Å². The number of hydrogen-bond donors (Lipinski definition) is 2. The van der Waals surface area contributed by atoms with E-state index in [1.54, 1.807) is 31.2 Å². The first-order chi connectivity index (χ1) is 12.8. The van der Waals surface area contributed by atoms with Gasteiger partial charge in [0.1, 0.15) is 17.6 Å². The van der Waals surface area contributed by atoms with Crippen LogP contribution in [0.3, 0.4) is 0 Å². The normalized spacial score (nSPS) is 12.1. The van der Waals surface area contributed by atoms with Crippen molar-refractivity contribution in [2.24, 2.45) is 0 Å². The van der Waals surface area contributed by atoms with Gasteiger partial charge in [-0.2, -0.15) is 0 Å². The lowest BCUT2D eigenvalue weighted by molar-refractivity contribution is -0.122. The highest BCUT2D eigenvalue weighted by molar-refractivity contribution is 6.31. The monoisotopic (exact) mass is 393 g/mol. The standard InChI is InChI=1S/C20H25ClFN3O2/c1-14(20(27)23-9-10-24(2)3)25(13-15-5-4-6-17(26)11-15)16-7-8-19(22)18(21)12-16/h4-8,11-12,14,26H,9-10,13H2,1-3H3,(H,23,27). The zero-order valence-corrected chi connectivity index (χ0v) is 16.5. The highest BCUT2D eigenvalue weighted by atomic mass is 35.5. The summed E-state index contributed by atoms with van der Waals surface area (Å²) in [6.45, 7) is 3.40. The number of rotatable bonds is 8. The topological polar surface area (TPSA) is 55.8 Å². The molecule has 2 aromatic carbocycles. The van der Waals surface area contributed by atoms with Crippen molar-refractivity contribution in [2.45, 2.75) is 19.5 Å². The number of phenolic OH excluding ortho intramolecular Hbond substituents is 1. The van der Waals surface area contributed by atoms with Crippen LogP contribution in [0.2, 0.25) is 5.02 Å². The Morgan fingerprint density at radius 3 is 2.63 bits per heavy atom. The third kappa shape index (κ3) is 6.12. The van der Waals surface area contributed by atoms with Crippen molar-refractivity contribution in [3.63, 3.8) is 0 Å². The number of carbonyl (C=O) groups is 1. The van der Waals surface area contributed by atoms with Gasteiger partial charge in [0.05, 0.1) is 5.02 Å². The van der Waals surface area contributed by atoms with E-state index in [2.05, 4.69) is 5.32 Å². The van der Waals surface area contributed by atoms with Gasteiger partial charge in [0.15, 0.2) is 0 Å². The second-order valence-corrected chi connectivity index (χ2v) is 7.07. The lowest BCUT2D eigenvalue weighted by Crippen LogP contribution is -2.46. The number of phenols is 1. The summed E-state index contributed by atoms with van der Waals surface area (Å²) in [5.74, 6) is -0.508. The molecule has 0 aliphatic carbocycles. The Bertz CT molecular complexity index is 786. The van der Waals surface area contributed by atoms with Gasteiger partial charge in [-0.05, 0) is 56.9 Å². The van der Waals surface area contributed by atoms with Gasteiger partial charge in [-0.1, -0.05) is 23.7 Å². The van der Waals surface area contributed by atoms with Gasteiger partial charge in [0.2, 0.25) is 5.91 Å². The summed E-state index contributed by atoms with van der Waals surface area (Å²) in [7, 11) is 3.87. The largest absolute Gasteiger partial charge is 0.508 e. The van der Waals surface area contributed by atoms with Crippen molar-refractivity contribution >= 4 is 23.2 Å². The van der Waals surface area contributed by atoms with Crippen LogP contribution < -0.4 is 10.2 Å². The smallest absolute Gasteiger partial charge is 0.242 e. The molecule has 0 fully saturated rings. The minimum absolute atomic E-state index is 0.00590. The highest BCUT2D eigenvalue weighted by Crippen LogP contribution is 2.26. The number of halogens is 2. The van der Waals surface area contributed by atoms with E-state index >= 15 is 0 Å².